The first kappa shape index (κ1) is 12.9. The maximum atomic E-state index is 12.2. The lowest BCUT2D eigenvalue weighted by Gasteiger charge is -2.37. The van der Waals surface area contributed by atoms with E-state index in [1.165, 1.54) is 0 Å². The third kappa shape index (κ3) is 2.47. The average molecular weight is 254 g/mol. The van der Waals surface area contributed by atoms with Gasteiger partial charge in [-0.25, -0.2) is 0 Å². The van der Waals surface area contributed by atoms with Gasteiger partial charge in [0, 0.05) is 19.0 Å². The molecule has 0 aromatic rings. The largest absolute Gasteiger partial charge is 0.481 e. The van der Waals surface area contributed by atoms with Gasteiger partial charge in [-0.05, 0) is 26.2 Å². The molecule has 3 unspecified atom stereocenters. The molecule has 100 valence electrons. The molecule has 2 aliphatic heterocycles. The highest BCUT2D eigenvalue weighted by molar-refractivity contribution is 5.91. The minimum atomic E-state index is -0.789. The van der Waals surface area contributed by atoms with Gasteiger partial charge in [-0.3, -0.25) is 14.4 Å². The van der Waals surface area contributed by atoms with E-state index in [0.29, 0.717) is 32.2 Å². The number of likely N-dealkylation sites (tertiary alicyclic amines) is 1. The molecule has 6 nitrogen and oxygen atoms in total. The van der Waals surface area contributed by atoms with Crippen molar-refractivity contribution in [2.45, 2.75) is 44.7 Å². The van der Waals surface area contributed by atoms with Gasteiger partial charge in [0.2, 0.25) is 11.8 Å². The second-order valence-electron chi connectivity index (χ2n) is 5.10. The van der Waals surface area contributed by atoms with Crippen LogP contribution in [0.15, 0.2) is 0 Å². The van der Waals surface area contributed by atoms with Gasteiger partial charge in [-0.1, -0.05) is 0 Å². The quantitative estimate of drug-likeness (QED) is 0.725. The molecule has 2 aliphatic rings. The molecule has 18 heavy (non-hydrogen) atoms. The van der Waals surface area contributed by atoms with Gasteiger partial charge < -0.3 is 15.3 Å². The van der Waals surface area contributed by atoms with E-state index in [1.54, 1.807) is 4.90 Å². The molecule has 2 fully saturated rings. The molecule has 0 aromatic heterocycles. The highest BCUT2D eigenvalue weighted by Crippen LogP contribution is 2.24. The lowest BCUT2D eigenvalue weighted by molar-refractivity contribution is -0.148. The molecular formula is C12H18N2O4. The van der Waals surface area contributed by atoms with Crippen LogP contribution in [0, 0.1) is 5.92 Å². The fourth-order valence-corrected chi connectivity index (χ4v) is 2.72. The van der Waals surface area contributed by atoms with Gasteiger partial charge >= 0.3 is 5.97 Å². The number of carboxylic acids is 1. The number of amides is 2. The fraction of sp³-hybridized carbons (Fsp3) is 0.750. The van der Waals surface area contributed by atoms with Crippen molar-refractivity contribution >= 4 is 17.8 Å². The summed E-state index contributed by atoms with van der Waals surface area (Å²) in [6.45, 7) is 2.33. The highest BCUT2D eigenvalue weighted by atomic mass is 16.4. The number of aliphatic carboxylic acids is 1. The van der Waals surface area contributed by atoms with Crippen LogP contribution in [0.3, 0.4) is 0 Å². The van der Waals surface area contributed by atoms with Crippen molar-refractivity contribution < 1.29 is 19.5 Å². The van der Waals surface area contributed by atoms with Gasteiger partial charge in [0.15, 0.2) is 0 Å². The first-order valence-electron chi connectivity index (χ1n) is 6.31. The number of piperidine rings is 1. The Morgan fingerprint density at radius 3 is 2.61 bits per heavy atom. The average Bonchev–Trinajstić information content (AvgIpc) is 2.74. The Kier molecular flexibility index (Phi) is 3.54. The van der Waals surface area contributed by atoms with Crippen LogP contribution in [0.1, 0.15) is 32.6 Å². The number of nitrogens with zero attached hydrogens (tertiary/aromatic N) is 1. The molecule has 2 amide bonds. The number of rotatable bonds is 2. The maximum Gasteiger partial charge on any atom is 0.306 e. The van der Waals surface area contributed by atoms with Crippen LogP contribution in [-0.4, -0.2) is 46.4 Å². The zero-order valence-electron chi connectivity index (χ0n) is 10.4. The number of carboxylic acid groups (broad SMARTS) is 1. The van der Waals surface area contributed by atoms with Crippen molar-refractivity contribution in [1.29, 1.82) is 0 Å². The smallest absolute Gasteiger partial charge is 0.306 e. The zero-order chi connectivity index (χ0) is 13.3. The summed E-state index contributed by atoms with van der Waals surface area (Å²) in [6.07, 6.45) is 1.92. The van der Waals surface area contributed by atoms with Crippen LogP contribution in [0.5, 0.6) is 0 Å². The normalized spacial score (nSPS) is 32.2. The van der Waals surface area contributed by atoms with E-state index in [1.807, 2.05) is 6.92 Å². The first-order valence-corrected chi connectivity index (χ1v) is 6.31. The predicted octanol–water partition coefficient (Wildman–Crippen LogP) is -0.0233. The first-order chi connectivity index (χ1) is 8.49. The summed E-state index contributed by atoms with van der Waals surface area (Å²) < 4.78 is 0. The molecule has 2 heterocycles. The molecule has 0 spiro atoms. The molecule has 6 heteroatoms. The molecule has 3 atom stereocenters. The Hall–Kier alpha value is -1.59. The molecule has 2 saturated heterocycles. The second-order valence-corrected chi connectivity index (χ2v) is 5.10. The standard InChI is InChI=1S/C12H18N2O4/c1-7-6-8(12(17)18)4-5-14(7)11(16)9-2-3-10(15)13-9/h7-9H,2-6H2,1H3,(H,13,15)(H,17,18). The van der Waals surface area contributed by atoms with Gasteiger partial charge in [0.1, 0.15) is 6.04 Å². The lowest BCUT2D eigenvalue weighted by Crippen LogP contribution is -2.52. The Balaban J connectivity index is 1.96. The third-order valence-electron chi connectivity index (χ3n) is 3.80. The molecule has 0 radical (unpaired) electrons. The molecule has 2 N–H and O–H groups in total. The minimum absolute atomic E-state index is 0.0720. The highest BCUT2D eigenvalue weighted by Gasteiger charge is 2.37. The van der Waals surface area contributed by atoms with E-state index in [2.05, 4.69) is 5.32 Å². The van der Waals surface area contributed by atoms with E-state index >= 15 is 0 Å². The van der Waals surface area contributed by atoms with E-state index in [0.717, 1.165) is 0 Å². The van der Waals surface area contributed by atoms with Gasteiger partial charge in [-0.15, -0.1) is 0 Å². The Labute approximate surface area is 105 Å². The summed E-state index contributed by atoms with van der Waals surface area (Å²) in [6, 6.07) is -0.494. The van der Waals surface area contributed by atoms with Crippen molar-refractivity contribution in [3.05, 3.63) is 0 Å². The number of hydrogen-bond donors (Lipinski definition) is 2. The van der Waals surface area contributed by atoms with Crippen LogP contribution >= 0.6 is 0 Å². The van der Waals surface area contributed by atoms with E-state index in [-0.39, 0.29) is 23.8 Å². The van der Waals surface area contributed by atoms with Gasteiger partial charge in [0.05, 0.1) is 5.92 Å². The van der Waals surface area contributed by atoms with Crippen LogP contribution in [-0.2, 0) is 14.4 Å². The molecule has 0 aliphatic carbocycles. The van der Waals surface area contributed by atoms with Gasteiger partial charge in [0.25, 0.3) is 0 Å². The van der Waals surface area contributed by atoms with Crippen molar-refractivity contribution in [3.63, 3.8) is 0 Å². The summed E-state index contributed by atoms with van der Waals surface area (Å²) in [5.74, 6) is -1.30. The van der Waals surface area contributed by atoms with Crippen molar-refractivity contribution in [2.75, 3.05) is 6.54 Å². The monoisotopic (exact) mass is 254 g/mol. The zero-order valence-corrected chi connectivity index (χ0v) is 10.4. The summed E-state index contributed by atoms with van der Waals surface area (Å²) in [5, 5.41) is 11.6. The Morgan fingerprint density at radius 2 is 2.11 bits per heavy atom. The number of nitrogens with one attached hydrogen (secondary N) is 1. The second kappa shape index (κ2) is 4.96. The van der Waals surface area contributed by atoms with Gasteiger partial charge in [-0.2, -0.15) is 0 Å². The van der Waals surface area contributed by atoms with Crippen LogP contribution in [0.4, 0.5) is 0 Å². The summed E-state index contributed by atoms with van der Waals surface area (Å²) in [7, 11) is 0. The van der Waals surface area contributed by atoms with Crippen LogP contribution in [0.25, 0.3) is 0 Å². The molecule has 0 bridgehead atoms. The summed E-state index contributed by atoms with van der Waals surface area (Å²) in [4.78, 5) is 35.9. The number of carbonyl (C=O) groups excluding carboxylic acids is 2. The Bertz CT molecular complexity index is 382. The summed E-state index contributed by atoms with van der Waals surface area (Å²) in [5.41, 5.74) is 0. The van der Waals surface area contributed by atoms with Crippen molar-refractivity contribution in [3.8, 4) is 0 Å². The Morgan fingerprint density at radius 1 is 1.39 bits per heavy atom. The van der Waals surface area contributed by atoms with Crippen molar-refractivity contribution in [1.82, 2.24) is 10.2 Å². The topological polar surface area (TPSA) is 86.7 Å². The minimum Gasteiger partial charge on any atom is -0.481 e. The van der Waals surface area contributed by atoms with Crippen LogP contribution in [0.2, 0.25) is 0 Å². The van der Waals surface area contributed by atoms with E-state index in [4.69, 9.17) is 5.11 Å². The summed E-state index contributed by atoms with van der Waals surface area (Å²) >= 11 is 0. The molecule has 2 rings (SSSR count). The van der Waals surface area contributed by atoms with E-state index < -0.39 is 12.0 Å². The maximum absolute atomic E-state index is 12.2. The SMILES string of the molecule is CC1CC(C(=O)O)CCN1C(=O)C1CCC(=O)N1. The van der Waals surface area contributed by atoms with Crippen LogP contribution < -0.4 is 5.32 Å². The molecular weight excluding hydrogens is 236 g/mol. The van der Waals surface area contributed by atoms with Crippen molar-refractivity contribution in [2.24, 2.45) is 5.92 Å². The number of hydrogen-bond acceptors (Lipinski definition) is 3. The fourth-order valence-electron chi connectivity index (χ4n) is 2.72. The predicted molar refractivity (Wildman–Crippen MR) is 62.7 cm³/mol. The lowest BCUT2D eigenvalue weighted by atomic mass is 9.91. The number of carbonyl (C=O) groups is 3. The third-order valence-corrected chi connectivity index (χ3v) is 3.80. The molecule has 0 saturated carbocycles. The van der Waals surface area contributed by atoms with E-state index in [9.17, 15) is 14.4 Å². The molecule has 0 aromatic carbocycles.